The number of benzene rings is 1. The molecule has 0 heterocycles. The first-order valence-corrected chi connectivity index (χ1v) is 8.46. The van der Waals surface area contributed by atoms with Crippen molar-refractivity contribution in [3.05, 3.63) is 29.8 Å². The molecule has 1 aromatic carbocycles. The number of rotatable bonds is 4. The quantitative estimate of drug-likeness (QED) is 0.830. The van der Waals surface area contributed by atoms with Crippen LogP contribution in [0.4, 0.5) is 10.5 Å². The van der Waals surface area contributed by atoms with Crippen LogP contribution in [0.25, 0.3) is 0 Å². The lowest BCUT2D eigenvalue weighted by molar-refractivity contribution is 0.243. The second kappa shape index (κ2) is 6.97. The van der Waals surface area contributed by atoms with E-state index in [2.05, 4.69) is 28.8 Å². The highest BCUT2D eigenvalue weighted by atomic mass is 16.2. The van der Waals surface area contributed by atoms with Crippen molar-refractivity contribution < 1.29 is 4.79 Å². The van der Waals surface area contributed by atoms with Gasteiger partial charge in [-0.15, -0.1) is 0 Å². The summed E-state index contributed by atoms with van der Waals surface area (Å²) in [5.41, 5.74) is 2.30. The molecule has 114 valence electrons. The summed E-state index contributed by atoms with van der Waals surface area (Å²) >= 11 is 0. The van der Waals surface area contributed by atoms with E-state index >= 15 is 0 Å². The molecule has 0 aromatic heterocycles. The Labute approximate surface area is 127 Å². The summed E-state index contributed by atoms with van der Waals surface area (Å²) in [4.78, 5) is 11.9. The molecule has 0 radical (unpaired) electrons. The van der Waals surface area contributed by atoms with Crippen molar-refractivity contribution in [1.29, 1.82) is 0 Å². The average molecular weight is 286 g/mol. The Kier molecular flexibility index (Phi) is 4.79. The molecular weight excluding hydrogens is 260 g/mol. The molecule has 0 bridgehead atoms. The van der Waals surface area contributed by atoms with Crippen molar-refractivity contribution in [3.8, 4) is 0 Å². The summed E-state index contributed by atoms with van der Waals surface area (Å²) < 4.78 is 0. The van der Waals surface area contributed by atoms with Gasteiger partial charge in [0, 0.05) is 12.2 Å². The minimum absolute atomic E-state index is 0.0669. The van der Waals surface area contributed by atoms with E-state index in [4.69, 9.17) is 0 Å². The van der Waals surface area contributed by atoms with Gasteiger partial charge in [-0.1, -0.05) is 37.8 Å². The monoisotopic (exact) mass is 286 g/mol. The lowest BCUT2D eigenvalue weighted by Crippen LogP contribution is -2.35. The highest BCUT2D eigenvalue weighted by molar-refractivity contribution is 5.89. The first-order valence-electron chi connectivity index (χ1n) is 8.46. The fourth-order valence-electron chi connectivity index (χ4n) is 3.42. The molecule has 0 atom stereocenters. The highest BCUT2D eigenvalue weighted by Gasteiger charge is 2.18. The Hall–Kier alpha value is -1.51. The molecule has 0 aliphatic heterocycles. The Morgan fingerprint density at radius 3 is 2.57 bits per heavy atom. The molecule has 21 heavy (non-hydrogen) atoms. The van der Waals surface area contributed by atoms with Crippen LogP contribution in [0.2, 0.25) is 0 Å². The molecule has 0 unspecified atom stereocenters. The summed E-state index contributed by atoms with van der Waals surface area (Å²) in [5.74, 6) is 1.38. The molecule has 0 saturated heterocycles. The maximum absolute atomic E-state index is 11.9. The Morgan fingerprint density at radius 2 is 1.86 bits per heavy atom. The van der Waals surface area contributed by atoms with Gasteiger partial charge in [0.15, 0.2) is 0 Å². The number of anilines is 1. The lowest BCUT2D eigenvalue weighted by Gasteiger charge is -2.25. The third-order valence-electron chi connectivity index (χ3n) is 5.00. The fraction of sp³-hybridized carbons (Fsp3) is 0.611. The Morgan fingerprint density at radius 1 is 1.05 bits per heavy atom. The third kappa shape index (κ3) is 3.99. The molecule has 2 fully saturated rings. The van der Waals surface area contributed by atoms with E-state index in [0.29, 0.717) is 11.8 Å². The Bertz CT molecular complexity index is 476. The number of carbonyl (C=O) groups is 1. The predicted octanol–water partition coefficient (Wildman–Crippen LogP) is 4.66. The number of carbonyl (C=O) groups excluding carboxylic acids is 1. The molecule has 0 spiro atoms. The van der Waals surface area contributed by atoms with Gasteiger partial charge in [-0.3, -0.25) is 0 Å². The molecule has 3 heteroatoms. The second-order valence-corrected chi connectivity index (χ2v) is 6.59. The summed E-state index contributed by atoms with van der Waals surface area (Å²) in [5, 5.41) is 5.96. The number of hydrogen-bond donors (Lipinski definition) is 2. The number of urea groups is 1. The fourth-order valence-corrected chi connectivity index (χ4v) is 3.42. The minimum atomic E-state index is -0.0669. The van der Waals surface area contributed by atoms with Crippen LogP contribution in [0.15, 0.2) is 24.3 Å². The number of hydrogen-bond acceptors (Lipinski definition) is 1. The van der Waals surface area contributed by atoms with Crippen molar-refractivity contribution in [1.82, 2.24) is 5.32 Å². The van der Waals surface area contributed by atoms with Crippen LogP contribution >= 0.6 is 0 Å². The number of nitrogens with one attached hydrogen (secondary N) is 2. The van der Waals surface area contributed by atoms with Gasteiger partial charge in [0.2, 0.25) is 0 Å². The van der Waals surface area contributed by atoms with Crippen molar-refractivity contribution in [2.24, 2.45) is 5.92 Å². The van der Waals surface area contributed by atoms with E-state index < -0.39 is 0 Å². The van der Waals surface area contributed by atoms with E-state index in [-0.39, 0.29) is 6.03 Å². The molecule has 3 rings (SSSR count). The largest absolute Gasteiger partial charge is 0.338 e. The molecule has 2 N–H and O–H groups in total. The van der Waals surface area contributed by atoms with Crippen LogP contribution < -0.4 is 10.6 Å². The average Bonchev–Trinajstić information content (AvgIpc) is 2.47. The summed E-state index contributed by atoms with van der Waals surface area (Å²) in [6.07, 6.45) is 10.5. The summed E-state index contributed by atoms with van der Waals surface area (Å²) in [6, 6.07) is 8.33. The van der Waals surface area contributed by atoms with Crippen molar-refractivity contribution >= 4 is 11.7 Å². The SMILES string of the molecule is O=C(NCC1CCC1)Nc1cccc(C2CCCCC2)c1. The predicted molar refractivity (Wildman–Crippen MR) is 86.6 cm³/mol. The van der Waals surface area contributed by atoms with Gasteiger partial charge in [-0.25, -0.2) is 4.79 Å². The van der Waals surface area contributed by atoms with E-state index in [1.54, 1.807) is 0 Å². The second-order valence-electron chi connectivity index (χ2n) is 6.59. The van der Waals surface area contributed by atoms with Gasteiger partial charge in [0.05, 0.1) is 0 Å². The molecule has 3 nitrogen and oxygen atoms in total. The summed E-state index contributed by atoms with van der Waals surface area (Å²) in [6.45, 7) is 0.814. The van der Waals surface area contributed by atoms with E-state index in [1.807, 2.05) is 6.07 Å². The maximum atomic E-state index is 11.9. The van der Waals surface area contributed by atoms with Crippen LogP contribution in [0, 0.1) is 5.92 Å². The van der Waals surface area contributed by atoms with Gasteiger partial charge in [0.25, 0.3) is 0 Å². The smallest absolute Gasteiger partial charge is 0.319 e. The Balaban J connectivity index is 1.53. The molecular formula is C18H26N2O. The standard InChI is InChI=1S/C18H26N2O/c21-18(19-13-14-6-4-7-14)20-17-11-5-10-16(12-17)15-8-2-1-3-9-15/h5,10-12,14-15H,1-4,6-9,13H2,(H2,19,20,21). The molecule has 1 aromatic rings. The topological polar surface area (TPSA) is 41.1 Å². The number of amides is 2. The van der Waals surface area contributed by atoms with Crippen LogP contribution in [0.5, 0.6) is 0 Å². The zero-order valence-electron chi connectivity index (χ0n) is 12.7. The van der Waals surface area contributed by atoms with Gasteiger partial charge < -0.3 is 10.6 Å². The van der Waals surface area contributed by atoms with Crippen LogP contribution in [-0.2, 0) is 0 Å². The van der Waals surface area contributed by atoms with Crippen LogP contribution in [-0.4, -0.2) is 12.6 Å². The van der Waals surface area contributed by atoms with Gasteiger partial charge in [0.1, 0.15) is 0 Å². The van der Waals surface area contributed by atoms with Gasteiger partial charge in [-0.05, 0) is 55.2 Å². The first kappa shape index (κ1) is 14.4. The highest BCUT2D eigenvalue weighted by Crippen LogP contribution is 2.33. The lowest BCUT2D eigenvalue weighted by atomic mass is 9.84. The van der Waals surface area contributed by atoms with Crippen molar-refractivity contribution in [2.75, 3.05) is 11.9 Å². The van der Waals surface area contributed by atoms with E-state index in [9.17, 15) is 4.79 Å². The van der Waals surface area contributed by atoms with Gasteiger partial charge >= 0.3 is 6.03 Å². The van der Waals surface area contributed by atoms with Crippen LogP contribution in [0.1, 0.15) is 62.8 Å². The zero-order valence-corrected chi connectivity index (χ0v) is 12.7. The summed E-state index contributed by atoms with van der Waals surface area (Å²) in [7, 11) is 0. The maximum Gasteiger partial charge on any atom is 0.319 e. The normalized spacial score (nSPS) is 19.8. The minimum Gasteiger partial charge on any atom is -0.338 e. The van der Waals surface area contributed by atoms with Crippen LogP contribution in [0.3, 0.4) is 0 Å². The van der Waals surface area contributed by atoms with Crippen molar-refractivity contribution in [2.45, 2.75) is 57.3 Å². The van der Waals surface area contributed by atoms with Crippen molar-refractivity contribution in [3.63, 3.8) is 0 Å². The molecule has 2 aliphatic rings. The zero-order chi connectivity index (χ0) is 14.5. The molecule has 2 amide bonds. The van der Waals surface area contributed by atoms with E-state index in [0.717, 1.165) is 12.2 Å². The molecule has 2 aliphatic carbocycles. The van der Waals surface area contributed by atoms with Gasteiger partial charge in [-0.2, -0.15) is 0 Å². The third-order valence-corrected chi connectivity index (χ3v) is 5.00. The first-order chi connectivity index (χ1) is 10.3. The van der Waals surface area contributed by atoms with E-state index in [1.165, 1.54) is 56.9 Å². The molecule has 2 saturated carbocycles.